The third-order valence-electron chi connectivity index (χ3n) is 2.29. The van der Waals surface area contributed by atoms with Crippen LogP contribution < -0.4 is 0 Å². The largest absolute Gasteiger partial charge is 0.453 e. The van der Waals surface area contributed by atoms with Gasteiger partial charge in [0.1, 0.15) is 0 Å². The first kappa shape index (κ1) is 9.32. The lowest BCUT2D eigenvalue weighted by molar-refractivity contribution is -0.0482. The molecule has 0 saturated carbocycles. The average Bonchev–Trinajstić information content (AvgIpc) is 2.08. The molecule has 1 amide bonds. The van der Waals surface area contributed by atoms with Gasteiger partial charge in [-0.15, -0.1) is 0 Å². The third kappa shape index (κ3) is 1.69. The van der Waals surface area contributed by atoms with Crippen LogP contribution in [0.25, 0.3) is 0 Å². The molecule has 2 unspecified atom stereocenters. The molecule has 0 N–H and O–H groups in total. The maximum Gasteiger partial charge on any atom is 0.409 e. The normalized spacial score (nSPS) is 30.1. The van der Waals surface area contributed by atoms with E-state index in [1.807, 2.05) is 13.8 Å². The third-order valence-corrected chi connectivity index (χ3v) is 2.29. The summed E-state index contributed by atoms with van der Waals surface area (Å²) in [5, 5.41) is 0. The SMILES string of the molecule is COC(=O)N1CCOC(C)C1C. The molecular formula is C8H15NO3. The molecule has 0 bridgehead atoms. The van der Waals surface area contributed by atoms with Crippen molar-refractivity contribution in [3.8, 4) is 0 Å². The smallest absolute Gasteiger partial charge is 0.409 e. The van der Waals surface area contributed by atoms with Gasteiger partial charge in [-0.1, -0.05) is 0 Å². The van der Waals surface area contributed by atoms with Gasteiger partial charge in [0, 0.05) is 6.54 Å². The van der Waals surface area contributed by atoms with Crippen LogP contribution in [0.1, 0.15) is 13.8 Å². The average molecular weight is 173 g/mol. The molecule has 0 aromatic heterocycles. The minimum absolute atomic E-state index is 0.0952. The Bertz CT molecular complexity index is 172. The van der Waals surface area contributed by atoms with Crippen LogP contribution in [-0.4, -0.2) is 43.4 Å². The van der Waals surface area contributed by atoms with Gasteiger partial charge in [0.2, 0.25) is 0 Å². The summed E-state index contributed by atoms with van der Waals surface area (Å²) in [7, 11) is 1.40. The fourth-order valence-corrected chi connectivity index (χ4v) is 1.31. The molecule has 1 aliphatic rings. The lowest BCUT2D eigenvalue weighted by Gasteiger charge is -2.36. The van der Waals surface area contributed by atoms with Crippen LogP contribution in [0.3, 0.4) is 0 Å². The molecule has 2 atom stereocenters. The van der Waals surface area contributed by atoms with Crippen molar-refractivity contribution in [2.75, 3.05) is 20.3 Å². The number of hydrogen-bond acceptors (Lipinski definition) is 3. The topological polar surface area (TPSA) is 38.8 Å². The quantitative estimate of drug-likeness (QED) is 0.545. The molecule has 1 heterocycles. The van der Waals surface area contributed by atoms with E-state index in [2.05, 4.69) is 4.74 Å². The molecule has 12 heavy (non-hydrogen) atoms. The van der Waals surface area contributed by atoms with Crippen LogP contribution in [0.15, 0.2) is 0 Å². The van der Waals surface area contributed by atoms with E-state index in [1.54, 1.807) is 4.90 Å². The van der Waals surface area contributed by atoms with Gasteiger partial charge in [-0.2, -0.15) is 0 Å². The molecule has 4 nitrogen and oxygen atoms in total. The lowest BCUT2D eigenvalue weighted by atomic mass is 10.1. The molecule has 1 rings (SSSR count). The maximum atomic E-state index is 11.2. The van der Waals surface area contributed by atoms with E-state index < -0.39 is 0 Å². The minimum atomic E-state index is -0.266. The second kappa shape index (κ2) is 3.76. The van der Waals surface area contributed by atoms with Gasteiger partial charge >= 0.3 is 6.09 Å². The Balaban J connectivity index is 2.57. The van der Waals surface area contributed by atoms with Crippen LogP contribution in [0.4, 0.5) is 4.79 Å². The molecule has 0 spiro atoms. The van der Waals surface area contributed by atoms with Crippen molar-refractivity contribution in [3.05, 3.63) is 0 Å². The first-order valence-corrected chi connectivity index (χ1v) is 4.13. The van der Waals surface area contributed by atoms with E-state index in [-0.39, 0.29) is 18.2 Å². The molecule has 1 saturated heterocycles. The summed E-state index contributed by atoms with van der Waals surface area (Å²) >= 11 is 0. The summed E-state index contributed by atoms with van der Waals surface area (Å²) in [4.78, 5) is 12.9. The maximum absolute atomic E-state index is 11.2. The van der Waals surface area contributed by atoms with Gasteiger partial charge in [-0.05, 0) is 13.8 Å². The van der Waals surface area contributed by atoms with Crippen LogP contribution in [0.2, 0.25) is 0 Å². The zero-order chi connectivity index (χ0) is 9.14. The number of rotatable bonds is 0. The van der Waals surface area contributed by atoms with E-state index in [0.29, 0.717) is 13.2 Å². The van der Waals surface area contributed by atoms with Crippen LogP contribution in [0, 0.1) is 0 Å². The number of methoxy groups -OCH3 is 1. The van der Waals surface area contributed by atoms with Gasteiger partial charge in [0.15, 0.2) is 0 Å². The fourth-order valence-electron chi connectivity index (χ4n) is 1.31. The molecule has 4 heteroatoms. The molecule has 0 aromatic carbocycles. The number of morpholine rings is 1. The Hall–Kier alpha value is -0.770. The summed E-state index contributed by atoms with van der Waals surface area (Å²) in [5.74, 6) is 0. The number of carbonyl (C=O) groups is 1. The first-order valence-electron chi connectivity index (χ1n) is 4.13. The van der Waals surface area contributed by atoms with Gasteiger partial charge in [0.25, 0.3) is 0 Å². The summed E-state index contributed by atoms with van der Waals surface area (Å²) in [6.07, 6.45) is -0.171. The molecule has 0 aliphatic carbocycles. The number of ether oxygens (including phenoxy) is 2. The zero-order valence-corrected chi connectivity index (χ0v) is 7.74. The van der Waals surface area contributed by atoms with Crippen molar-refractivity contribution in [1.82, 2.24) is 4.90 Å². The molecule has 0 aromatic rings. The van der Waals surface area contributed by atoms with Crippen molar-refractivity contribution in [2.45, 2.75) is 26.0 Å². The second-order valence-corrected chi connectivity index (χ2v) is 2.98. The second-order valence-electron chi connectivity index (χ2n) is 2.98. The van der Waals surface area contributed by atoms with Crippen molar-refractivity contribution in [2.24, 2.45) is 0 Å². The first-order chi connectivity index (χ1) is 5.66. The number of hydrogen-bond donors (Lipinski definition) is 0. The Morgan fingerprint density at radius 3 is 2.83 bits per heavy atom. The van der Waals surface area contributed by atoms with Crippen LogP contribution >= 0.6 is 0 Å². The highest BCUT2D eigenvalue weighted by atomic mass is 16.5. The van der Waals surface area contributed by atoms with Gasteiger partial charge in [-0.3, -0.25) is 0 Å². The van der Waals surface area contributed by atoms with Crippen molar-refractivity contribution < 1.29 is 14.3 Å². The standard InChI is InChI=1S/C8H15NO3/c1-6-7(2)12-5-4-9(6)8(10)11-3/h6-7H,4-5H2,1-3H3. The van der Waals surface area contributed by atoms with Crippen molar-refractivity contribution in [1.29, 1.82) is 0 Å². The lowest BCUT2D eigenvalue weighted by Crippen LogP contribution is -2.51. The van der Waals surface area contributed by atoms with Gasteiger partial charge in [-0.25, -0.2) is 4.79 Å². The number of nitrogens with zero attached hydrogens (tertiary/aromatic N) is 1. The summed E-state index contributed by atoms with van der Waals surface area (Å²) < 4.78 is 10.0. The molecular weight excluding hydrogens is 158 g/mol. The van der Waals surface area contributed by atoms with E-state index in [0.717, 1.165) is 0 Å². The monoisotopic (exact) mass is 173 g/mol. The Morgan fingerprint density at radius 2 is 2.25 bits per heavy atom. The predicted octanol–water partition coefficient (Wildman–Crippen LogP) is 0.862. The molecule has 70 valence electrons. The van der Waals surface area contributed by atoms with E-state index in [1.165, 1.54) is 7.11 Å². The Labute approximate surface area is 72.4 Å². The number of amides is 1. The van der Waals surface area contributed by atoms with Crippen LogP contribution in [0.5, 0.6) is 0 Å². The van der Waals surface area contributed by atoms with Crippen molar-refractivity contribution in [3.63, 3.8) is 0 Å². The van der Waals surface area contributed by atoms with Gasteiger partial charge < -0.3 is 14.4 Å². The molecule has 1 fully saturated rings. The van der Waals surface area contributed by atoms with Crippen LogP contribution in [-0.2, 0) is 9.47 Å². The molecule has 1 aliphatic heterocycles. The molecule has 0 radical (unpaired) electrons. The highest BCUT2D eigenvalue weighted by Crippen LogP contribution is 2.13. The van der Waals surface area contributed by atoms with Crippen molar-refractivity contribution >= 4 is 6.09 Å². The summed E-state index contributed by atoms with van der Waals surface area (Å²) in [5.41, 5.74) is 0. The Kier molecular flexibility index (Phi) is 2.92. The zero-order valence-electron chi connectivity index (χ0n) is 7.74. The summed E-state index contributed by atoms with van der Waals surface area (Å²) in [6.45, 7) is 5.14. The highest BCUT2D eigenvalue weighted by Gasteiger charge is 2.29. The summed E-state index contributed by atoms with van der Waals surface area (Å²) in [6, 6.07) is 0.103. The predicted molar refractivity (Wildman–Crippen MR) is 44.0 cm³/mol. The van der Waals surface area contributed by atoms with E-state index >= 15 is 0 Å². The van der Waals surface area contributed by atoms with E-state index in [9.17, 15) is 4.79 Å². The number of carbonyl (C=O) groups excluding carboxylic acids is 1. The van der Waals surface area contributed by atoms with E-state index in [4.69, 9.17) is 4.74 Å². The Morgan fingerprint density at radius 1 is 1.58 bits per heavy atom. The highest BCUT2D eigenvalue weighted by molar-refractivity contribution is 5.67. The minimum Gasteiger partial charge on any atom is -0.453 e. The fraction of sp³-hybridized carbons (Fsp3) is 0.875. The van der Waals surface area contributed by atoms with Gasteiger partial charge in [0.05, 0.1) is 25.9 Å².